The van der Waals surface area contributed by atoms with Crippen molar-refractivity contribution < 1.29 is 0 Å². The summed E-state index contributed by atoms with van der Waals surface area (Å²) in [6.45, 7) is 4.32. The third-order valence-electron chi connectivity index (χ3n) is 4.25. The van der Waals surface area contributed by atoms with Crippen molar-refractivity contribution in [3.8, 4) is 11.4 Å². The van der Waals surface area contributed by atoms with Gasteiger partial charge in [0, 0.05) is 37.4 Å². The van der Waals surface area contributed by atoms with Gasteiger partial charge < -0.3 is 14.8 Å². The summed E-state index contributed by atoms with van der Waals surface area (Å²) in [5.74, 6) is 0.757. The van der Waals surface area contributed by atoms with Crippen LogP contribution in [0.3, 0.4) is 0 Å². The molecule has 0 spiro atoms. The van der Waals surface area contributed by atoms with Crippen LogP contribution >= 0.6 is 11.6 Å². The van der Waals surface area contributed by atoms with Gasteiger partial charge in [-0.25, -0.2) is 15.0 Å². The molecule has 3 heterocycles. The van der Waals surface area contributed by atoms with Crippen LogP contribution in [0, 0.1) is 0 Å². The molecule has 4 rings (SSSR count). The van der Waals surface area contributed by atoms with E-state index in [0.29, 0.717) is 16.3 Å². The van der Waals surface area contributed by atoms with E-state index in [0.717, 1.165) is 37.6 Å². The Hall–Kier alpha value is -2.18. The van der Waals surface area contributed by atoms with Crippen molar-refractivity contribution >= 4 is 28.5 Å². The Morgan fingerprint density at radius 2 is 1.78 bits per heavy atom. The standard InChI is InChI=1S/C16H17ClN6/c1-22-6-8-23(9-7-22)12-4-2-11(3-5-12)15-20-13-14(17)18-10-19-16(13)21-15/h2-5,10H,6-9H2,1H3,(H,18,19,20,21). The molecule has 2 aromatic heterocycles. The molecule has 0 saturated carbocycles. The maximum absolute atomic E-state index is 6.05. The van der Waals surface area contributed by atoms with Gasteiger partial charge in [0.1, 0.15) is 17.7 Å². The number of nitrogens with one attached hydrogen (secondary N) is 1. The third kappa shape index (κ3) is 2.75. The summed E-state index contributed by atoms with van der Waals surface area (Å²) in [5, 5.41) is 0.367. The molecule has 0 amide bonds. The number of aromatic nitrogens is 4. The maximum atomic E-state index is 6.05. The zero-order chi connectivity index (χ0) is 15.8. The second-order valence-electron chi connectivity index (χ2n) is 5.78. The predicted molar refractivity (Wildman–Crippen MR) is 91.8 cm³/mol. The third-order valence-corrected chi connectivity index (χ3v) is 4.52. The van der Waals surface area contributed by atoms with Gasteiger partial charge in [0.2, 0.25) is 0 Å². The Morgan fingerprint density at radius 3 is 2.48 bits per heavy atom. The lowest BCUT2D eigenvalue weighted by Gasteiger charge is -2.34. The highest BCUT2D eigenvalue weighted by molar-refractivity contribution is 6.33. The SMILES string of the molecule is CN1CCN(c2ccc(-c3nc4c(Cl)ncnc4[nH]3)cc2)CC1. The van der Waals surface area contributed by atoms with E-state index in [1.165, 1.54) is 12.0 Å². The first kappa shape index (κ1) is 14.4. The van der Waals surface area contributed by atoms with E-state index in [2.05, 4.69) is 61.0 Å². The summed E-state index contributed by atoms with van der Waals surface area (Å²) in [6, 6.07) is 8.43. The molecule has 23 heavy (non-hydrogen) atoms. The van der Waals surface area contributed by atoms with Crippen LogP contribution in [0.2, 0.25) is 5.15 Å². The first-order valence-corrected chi connectivity index (χ1v) is 7.98. The fraction of sp³-hybridized carbons (Fsp3) is 0.312. The number of fused-ring (bicyclic) bond motifs is 1. The number of halogens is 1. The summed E-state index contributed by atoms with van der Waals surface area (Å²) in [6.07, 6.45) is 1.43. The second-order valence-corrected chi connectivity index (χ2v) is 6.14. The lowest BCUT2D eigenvalue weighted by Crippen LogP contribution is -2.44. The molecule has 1 aromatic carbocycles. The van der Waals surface area contributed by atoms with Crippen molar-refractivity contribution in [2.45, 2.75) is 0 Å². The lowest BCUT2D eigenvalue weighted by molar-refractivity contribution is 0.313. The highest BCUT2D eigenvalue weighted by Crippen LogP contribution is 2.25. The number of anilines is 1. The van der Waals surface area contributed by atoms with Crippen LogP contribution in [0.4, 0.5) is 5.69 Å². The van der Waals surface area contributed by atoms with E-state index in [1.807, 2.05) is 0 Å². The molecular formula is C16H17ClN6. The number of likely N-dealkylation sites (N-methyl/N-ethyl adjacent to an activating group) is 1. The Labute approximate surface area is 139 Å². The van der Waals surface area contributed by atoms with Crippen LogP contribution in [0.1, 0.15) is 0 Å². The molecule has 1 fully saturated rings. The van der Waals surface area contributed by atoms with E-state index < -0.39 is 0 Å². The van der Waals surface area contributed by atoms with Crippen LogP contribution in [-0.4, -0.2) is 58.1 Å². The molecule has 1 aliphatic heterocycles. The zero-order valence-corrected chi connectivity index (χ0v) is 13.6. The van der Waals surface area contributed by atoms with E-state index in [9.17, 15) is 0 Å². The van der Waals surface area contributed by atoms with E-state index in [-0.39, 0.29) is 0 Å². The maximum Gasteiger partial charge on any atom is 0.162 e. The molecule has 118 valence electrons. The van der Waals surface area contributed by atoms with E-state index >= 15 is 0 Å². The number of aromatic amines is 1. The molecule has 1 aliphatic rings. The van der Waals surface area contributed by atoms with Gasteiger partial charge in [-0.1, -0.05) is 11.6 Å². The minimum absolute atomic E-state index is 0.367. The first-order valence-electron chi connectivity index (χ1n) is 7.61. The second kappa shape index (κ2) is 5.79. The van der Waals surface area contributed by atoms with Crippen LogP contribution in [0.15, 0.2) is 30.6 Å². The fourth-order valence-corrected chi connectivity index (χ4v) is 3.01. The number of nitrogens with zero attached hydrogens (tertiary/aromatic N) is 5. The van der Waals surface area contributed by atoms with Crippen molar-refractivity contribution in [1.82, 2.24) is 24.8 Å². The minimum atomic E-state index is 0.367. The molecule has 0 atom stereocenters. The smallest absolute Gasteiger partial charge is 0.162 e. The topological polar surface area (TPSA) is 60.9 Å². The molecule has 7 heteroatoms. The summed E-state index contributed by atoms with van der Waals surface area (Å²) < 4.78 is 0. The number of rotatable bonds is 2. The van der Waals surface area contributed by atoms with Gasteiger partial charge >= 0.3 is 0 Å². The van der Waals surface area contributed by atoms with Crippen LogP contribution in [0.5, 0.6) is 0 Å². The van der Waals surface area contributed by atoms with Gasteiger partial charge in [0.05, 0.1) is 0 Å². The average Bonchev–Trinajstić information content (AvgIpc) is 3.01. The Kier molecular flexibility index (Phi) is 3.63. The van der Waals surface area contributed by atoms with Crippen molar-refractivity contribution in [1.29, 1.82) is 0 Å². The summed E-state index contributed by atoms with van der Waals surface area (Å²) >= 11 is 6.05. The number of hydrogen-bond acceptors (Lipinski definition) is 5. The lowest BCUT2D eigenvalue weighted by atomic mass is 10.1. The summed E-state index contributed by atoms with van der Waals surface area (Å²) in [5.41, 5.74) is 3.52. The van der Waals surface area contributed by atoms with Crippen molar-refractivity contribution in [3.63, 3.8) is 0 Å². The van der Waals surface area contributed by atoms with E-state index in [1.54, 1.807) is 0 Å². The highest BCUT2D eigenvalue weighted by atomic mass is 35.5. The molecule has 6 nitrogen and oxygen atoms in total. The highest BCUT2D eigenvalue weighted by Gasteiger charge is 2.15. The Balaban J connectivity index is 1.61. The molecule has 0 radical (unpaired) electrons. The average molecular weight is 329 g/mol. The van der Waals surface area contributed by atoms with Gasteiger partial charge in [0.25, 0.3) is 0 Å². The van der Waals surface area contributed by atoms with E-state index in [4.69, 9.17) is 11.6 Å². The predicted octanol–water partition coefficient (Wildman–Crippen LogP) is 2.43. The largest absolute Gasteiger partial charge is 0.369 e. The number of imidazole rings is 1. The molecule has 1 N–H and O–H groups in total. The zero-order valence-electron chi connectivity index (χ0n) is 12.8. The van der Waals surface area contributed by atoms with Crippen LogP contribution < -0.4 is 4.90 Å². The molecular weight excluding hydrogens is 312 g/mol. The minimum Gasteiger partial charge on any atom is -0.369 e. The summed E-state index contributed by atoms with van der Waals surface area (Å²) in [7, 11) is 2.16. The Morgan fingerprint density at radius 1 is 1.04 bits per heavy atom. The van der Waals surface area contributed by atoms with Crippen molar-refractivity contribution in [3.05, 3.63) is 35.7 Å². The van der Waals surface area contributed by atoms with Crippen molar-refractivity contribution in [2.75, 3.05) is 38.1 Å². The van der Waals surface area contributed by atoms with Gasteiger partial charge in [0.15, 0.2) is 10.8 Å². The quantitative estimate of drug-likeness (QED) is 0.732. The molecule has 1 saturated heterocycles. The number of hydrogen-bond donors (Lipinski definition) is 1. The van der Waals surface area contributed by atoms with Gasteiger partial charge in [-0.2, -0.15) is 0 Å². The van der Waals surface area contributed by atoms with Crippen LogP contribution in [0.25, 0.3) is 22.6 Å². The van der Waals surface area contributed by atoms with Gasteiger partial charge in [-0.05, 0) is 31.3 Å². The van der Waals surface area contributed by atoms with Gasteiger partial charge in [-0.3, -0.25) is 0 Å². The first-order chi connectivity index (χ1) is 11.2. The molecule has 3 aromatic rings. The molecule has 0 aliphatic carbocycles. The number of piperazine rings is 1. The Bertz CT molecular complexity index is 820. The normalized spacial score (nSPS) is 16.2. The van der Waals surface area contributed by atoms with Crippen molar-refractivity contribution in [2.24, 2.45) is 0 Å². The number of H-pyrrole nitrogens is 1. The van der Waals surface area contributed by atoms with Gasteiger partial charge in [-0.15, -0.1) is 0 Å². The molecule has 0 bridgehead atoms. The monoisotopic (exact) mass is 328 g/mol. The summed E-state index contributed by atoms with van der Waals surface area (Å²) in [4.78, 5) is 20.6. The molecule has 0 unspecified atom stereocenters. The van der Waals surface area contributed by atoms with Crippen LogP contribution in [-0.2, 0) is 0 Å². The number of benzene rings is 1. The fourth-order valence-electron chi connectivity index (χ4n) is 2.83.